The SMILES string of the molecule is CCC(=O)N1CC(c2ncc(C)n2Cc2ccccc2)C1. The van der Waals surface area contributed by atoms with Gasteiger partial charge < -0.3 is 9.47 Å². The molecule has 3 rings (SSSR count). The van der Waals surface area contributed by atoms with Crippen molar-refractivity contribution in [1.82, 2.24) is 14.5 Å². The number of carbonyl (C=O) groups excluding carboxylic acids is 1. The monoisotopic (exact) mass is 283 g/mol. The van der Waals surface area contributed by atoms with E-state index in [0.717, 1.165) is 25.5 Å². The van der Waals surface area contributed by atoms with Crippen LogP contribution in [0.2, 0.25) is 0 Å². The summed E-state index contributed by atoms with van der Waals surface area (Å²) in [7, 11) is 0. The molecule has 4 heteroatoms. The average molecular weight is 283 g/mol. The third-order valence-corrected chi connectivity index (χ3v) is 4.17. The van der Waals surface area contributed by atoms with E-state index in [2.05, 4.69) is 40.7 Å². The van der Waals surface area contributed by atoms with E-state index in [-0.39, 0.29) is 5.91 Å². The van der Waals surface area contributed by atoms with Crippen molar-refractivity contribution >= 4 is 5.91 Å². The van der Waals surface area contributed by atoms with Crippen molar-refractivity contribution in [1.29, 1.82) is 0 Å². The Morgan fingerprint density at radius 1 is 1.29 bits per heavy atom. The normalized spacial score (nSPS) is 15.0. The van der Waals surface area contributed by atoms with Gasteiger partial charge in [0.2, 0.25) is 5.91 Å². The van der Waals surface area contributed by atoms with Crippen molar-refractivity contribution in [3.63, 3.8) is 0 Å². The van der Waals surface area contributed by atoms with E-state index in [4.69, 9.17) is 0 Å². The largest absolute Gasteiger partial charge is 0.341 e. The molecule has 1 aliphatic heterocycles. The smallest absolute Gasteiger partial charge is 0.222 e. The van der Waals surface area contributed by atoms with Gasteiger partial charge in [-0.1, -0.05) is 37.3 Å². The number of likely N-dealkylation sites (tertiary alicyclic amines) is 1. The minimum absolute atomic E-state index is 0.240. The van der Waals surface area contributed by atoms with E-state index >= 15 is 0 Å². The second-order valence-corrected chi connectivity index (χ2v) is 5.68. The quantitative estimate of drug-likeness (QED) is 0.865. The van der Waals surface area contributed by atoms with Crippen LogP contribution < -0.4 is 0 Å². The zero-order valence-corrected chi connectivity index (χ0v) is 12.6. The molecule has 4 nitrogen and oxygen atoms in total. The molecule has 0 atom stereocenters. The molecule has 1 amide bonds. The summed E-state index contributed by atoms with van der Waals surface area (Å²) in [5.74, 6) is 1.72. The van der Waals surface area contributed by atoms with Gasteiger partial charge in [0, 0.05) is 37.9 Å². The number of benzene rings is 1. The van der Waals surface area contributed by atoms with Gasteiger partial charge in [-0.15, -0.1) is 0 Å². The first-order valence-corrected chi connectivity index (χ1v) is 7.52. The average Bonchev–Trinajstić information content (AvgIpc) is 2.80. The molecule has 0 aliphatic carbocycles. The van der Waals surface area contributed by atoms with Crippen LogP contribution >= 0.6 is 0 Å². The van der Waals surface area contributed by atoms with Crippen LogP contribution in [0.25, 0.3) is 0 Å². The number of imidazole rings is 1. The molecule has 2 heterocycles. The van der Waals surface area contributed by atoms with Gasteiger partial charge in [0.1, 0.15) is 5.82 Å². The number of rotatable bonds is 4. The molecule has 0 bridgehead atoms. The lowest BCUT2D eigenvalue weighted by Gasteiger charge is -2.39. The highest BCUT2D eigenvalue weighted by Gasteiger charge is 2.33. The summed E-state index contributed by atoms with van der Waals surface area (Å²) in [5.41, 5.74) is 2.45. The van der Waals surface area contributed by atoms with Crippen molar-refractivity contribution in [2.45, 2.75) is 32.7 Å². The number of aromatic nitrogens is 2. The minimum atomic E-state index is 0.240. The van der Waals surface area contributed by atoms with E-state index in [1.807, 2.05) is 24.1 Å². The van der Waals surface area contributed by atoms with E-state index in [9.17, 15) is 4.79 Å². The molecule has 0 saturated carbocycles. The summed E-state index contributed by atoms with van der Waals surface area (Å²) in [6, 6.07) is 10.4. The standard InChI is InChI=1S/C17H21N3O/c1-3-16(21)19-11-15(12-19)17-18-9-13(2)20(17)10-14-7-5-4-6-8-14/h4-9,15H,3,10-12H2,1-2H3. The van der Waals surface area contributed by atoms with Crippen LogP contribution in [0.3, 0.4) is 0 Å². The minimum Gasteiger partial charge on any atom is -0.341 e. The van der Waals surface area contributed by atoms with Crippen molar-refractivity contribution in [2.24, 2.45) is 0 Å². The van der Waals surface area contributed by atoms with Gasteiger partial charge in [-0.2, -0.15) is 0 Å². The van der Waals surface area contributed by atoms with Gasteiger partial charge in [0.25, 0.3) is 0 Å². The molecule has 1 aromatic heterocycles. The number of nitrogens with zero attached hydrogens (tertiary/aromatic N) is 3. The Morgan fingerprint density at radius 2 is 2.00 bits per heavy atom. The van der Waals surface area contributed by atoms with Crippen molar-refractivity contribution < 1.29 is 4.79 Å². The Kier molecular flexibility index (Phi) is 3.78. The Hall–Kier alpha value is -2.10. The van der Waals surface area contributed by atoms with Crippen molar-refractivity contribution in [3.05, 3.63) is 53.6 Å². The van der Waals surface area contributed by atoms with Gasteiger partial charge >= 0.3 is 0 Å². The molecule has 0 N–H and O–H groups in total. The van der Waals surface area contributed by atoms with Gasteiger partial charge in [0.05, 0.1) is 5.92 Å². The molecular weight excluding hydrogens is 262 g/mol. The van der Waals surface area contributed by atoms with E-state index in [1.54, 1.807) is 0 Å². The fourth-order valence-electron chi connectivity index (χ4n) is 2.85. The molecule has 1 saturated heterocycles. The van der Waals surface area contributed by atoms with Crippen LogP contribution in [0.15, 0.2) is 36.5 Å². The topological polar surface area (TPSA) is 38.1 Å². The molecule has 110 valence electrons. The van der Waals surface area contributed by atoms with Gasteiger partial charge in [-0.25, -0.2) is 4.98 Å². The van der Waals surface area contributed by atoms with Crippen LogP contribution in [-0.2, 0) is 11.3 Å². The molecule has 1 fully saturated rings. The van der Waals surface area contributed by atoms with Crippen molar-refractivity contribution in [3.8, 4) is 0 Å². The Morgan fingerprint density at radius 3 is 2.67 bits per heavy atom. The summed E-state index contributed by atoms with van der Waals surface area (Å²) in [6.45, 7) is 6.46. The number of amides is 1. The summed E-state index contributed by atoms with van der Waals surface area (Å²) in [4.78, 5) is 18.1. The van der Waals surface area contributed by atoms with E-state index in [1.165, 1.54) is 11.3 Å². The molecule has 0 radical (unpaired) electrons. The third kappa shape index (κ3) is 2.71. The zero-order valence-electron chi connectivity index (χ0n) is 12.6. The summed E-state index contributed by atoms with van der Waals surface area (Å²) in [5, 5.41) is 0. The number of hydrogen-bond acceptors (Lipinski definition) is 2. The predicted molar refractivity (Wildman–Crippen MR) is 82.1 cm³/mol. The maximum absolute atomic E-state index is 11.7. The van der Waals surface area contributed by atoms with E-state index < -0.39 is 0 Å². The van der Waals surface area contributed by atoms with Gasteiger partial charge in [-0.3, -0.25) is 4.79 Å². The molecule has 1 aromatic carbocycles. The predicted octanol–water partition coefficient (Wildman–Crippen LogP) is 2.58. The van der Waals surface area contributed by atoms with Crippen LogP contribution in [0.5, 0.6) is 0 Å². The Bertz CT molecular complexity index is 627. The first kappa shape index (κ1) is 13.9. The number of aryl methyl sites for hydroxylation is 1. The number of hydrogen-bond donors (Lipinski definition) is 0. The lowest BCUT2D eigenvalue weighted by molar-refractivity contribution is -0.135. The molecule has 0 unspecified atom stereocenters. The zero-order chi connectivity index (χ0) is 14.8. The third-order valence-electron chi connectivity index (χ3n) is 4.17. The first-order chi connectivity index (χ1) is 10.2. The number of carbonyl (C=O) groups is 1. The fraction of sp³-hybridized carbons (Fsp3) is 0.412. The summed E-state index contributed by atoms with van der Waals surface area (Å²) in [6.07, 6.45) is 2.52. The maximum atomic E-state index is 11.7. The van der Waals surface area contributed by atoms with Crippen molar-refractivity contribution in [2.75, 3.05) is 13.1 Å². The highest BCUT2D eigenvalue weighted by Crippen LogP contribution is 2.27. The maximum Gasteiger partial charge on any atom is 0.222 e. The van der Waals surface area contributed by atoms with Crippen LogP contribution in [-0.4, -0.2) is 33.4 Å². The van der Waals surface area contributed by atoms with Crippen LogP contribution in [0, 0.1) is 6.92 Å². The highest BCUT2D eigenvalue weighted by atomic mass is 16.2. The van der Waals surface area contributed by atoms with E-state index in [0.29, 0.717) is 12.3 Å². The van der Waals surface area contributed by atoms with Crippen LogP contribution in [0.1, 0.15) is 36.3 Å². The molecule has 1 aliphatic rings. The lowest BCUT2D eigenvalue weighted by Crippen LogP contribution is -2.49. The summed E-state index contributed by atoms with van der Waals surface area (Å²) < 4.78 is 2.27. The molecule has 21 heavy (non-hydrogen) atoms. The Balaban J connectivity index is 1.75. The first-order valence-electron chi connectivity index (χ1n) is 7.52. The second-order valence-electron chi connectivity index (χ2n) is 5.68. The van der Waals surface area contributed by atoms with Gasteiger partial charge in [0.15, 0.2) is 0 Å². The molecule has 0 spiro atoms. The summed E-state index contributed by atoms with van der Waals surface area (Å²) >= 11 is 0. The highest BCUT2D eigenvalue weighted by molar-refractivity contribution is 5.76. The fourth-order valence-corrected chi connectivity index (χ4v) is 2.85. The van der Waals surface area contributed by atoms with Crippen LogP contribution in [0.4, 0.5) is 0 Å². The molecular formula is C17H21N3O. The molecule has 2 aromatic rings. The van der Waals surface area contributed by atoms with Gasteiger partial charge in [-0.05, 0) is 12.5 Å². The lowest BCUT2D eigenvalue weighted by atomic mass is 9.98. The Labute approximate surface area is 125 Å². The second kappa shape index (κ2) is 5.72.